The fourth-order valence-electron chi connectivity index (χ4n) is 0.575. The van der Waals surface area contributed by atoms with Crippen LogP contribution in [-0.4, -0.2) is 15.3 Å². The lowest BCUT2D eigenvalue weighted by atomic mass is 10.2. The number of nitrogens with one attached hydrogen (secondary N) is 1. The monoisotopic (exact) mass is 188 g/mol. The van der Waals surface area contributed by atoms with E-state index in [-0.39, 0.29) is 10.8 Å². The molecule has 0 heterocycles. The van der Waals surface area contributed by atoms with Gasteiger partial charge in [-0.05, 0) is 33.3 Å². The normalized spacial score (nSPS) is 17.1. The molecule has 0 saturated carbocycles. The Labute approximate surface area is 78.7 Å². The molecule has 0 aromatic heterocycles. The van der Waals surface area contributed by atoms with Gasteiger partial charge in [0.1, 0.15) is 4.75 Å². The predicted molar refractivity (Wildman–Crippen MR) is 54.0 cm³/mol. The zero-order valence-corrected chi connectivity index (χ0v) is 9.12. The van der Waals surface area contributed by atoms with E-state index in [1.165, 1.54) is 0 Å². The van der Waals surface area contributed by atoms with Crippen molar-refractivity contribution < 1.29 is 4.55 Å². The van der Waals surface area contributed by atoms with Gasteiger partial charge >= 0.3 is 0 Å². The molecule has 0 aromatic rings. The second kappa shape index (κ2) is 4.90. The standard InChI is InChI=1S/C9H18NOS/c1-6-8(7-2)10-12(11)9(3,4)5/h8,10H,1,7H2,2-5H3. The summed E-state index contributed by atoms with van der Waals surface area (Å²) in [7, 11) is 0. The molecule has 0 fully saturated rings. The van der Waals surface area contributed by atoms with Crippen LogP contribution in [0, 0.1) is 6.08 Å². The van der Waals surface area contributed by atoms with Crippen molar-refractivity contribution in [3.8, 4) is 0 Å². The lowest BCUT2D eigenvalue weighted by Crippen LogP contribution is -2.43. The Morgan fingerprint density at radius 1 is 1.58 bits per heavy atom. The van der Waals surface area contributed by atoms with Gasteiger partial charge in [0.25, 0.3) is 0 Å². The Hall–Kier alpha value is 0.01000. The second-order valence-electron chi connectivity index (χ2n) is 3.66. The topological polar surface area (TPSA) is 35.1 Å². The molecular formula is C9H18NOS. The molecule has 0 bridgehead atoms. The number of hydrogen-bond donors (Lipinski definition) is 1. The summed E-state index contributed by atoms with van der Waals surface area (Å²) in [6, 6.07) is 0.0325. The average molecular weight is 188 g/mol. The van der Waals surface area contributed by atoms with Crippen LogP contribution in [0.5, 0.6) is 0 Å². The van der Waals surface area contributed by atoms with E-state index in [2.05, 4.69) is 17.4 Å². The maximum Gasteiger partial charge on any atom is 0.136 e. The molecule has 2 unspecified atom stereocenters. The van der Waals surface area contributed by atoms with Gasteiger partial charge in [-0.1, -0.05) is 13.5 Å². The number of rotatable bonds is 4. The van der Waals surface area contributed by atoms with Crippen molar-refractivity contribution in [2.45, 2.75) is 44.9 Å². The first kappa shape index (κ1) is 12.0. The molecule has 0 saturated heterocycles. The lowest BCUT2D eigenvalue weighted by Gasteiger charge is -2.25. The molecule has 1 N–H and O–H groups in total. The van der Waals surface area contributed by atoms with Gasteiger partial charge in [0, 0.05) is 11.4 Å². The van der Waals surface area contributed by atoms with E-state index in [1.54, 1.807) is 0 Å². The Balaban J connectivity index is 3.98. The largest absolute Gasteiger partial charge is 0.598 e. The van der Waals surface area contributed by atoms with Crippen molar-refractivity contribution >= 4 is 11.4 Å². The predicted octanol–water partition coefficient (Wildman–Crippen LogP) is 1.81. The molecule has 12 heavy (non-hydrogen) atoms. The molecule has 2 nitrogen and oxygen atoms in total. The second-order valence-corrected chi connectivity index (χ2v) is 5.66. The Kier molecular flexibility index (Phi) is 4.90. The smallest absolute Gasteiger partial charge is 0.136 e. The van der Waals surface area contributed by atoms with Crippen LogP contribution in [-0.2, 0) is 11.4 Å². The molecule has 0 amide bonds. The van der Waals surface area contributed by atoms with E-state index in [9.17, 15) is 4.55 Å². The van der Waals surface area contributed by atoms with Gasteiger partial charge in [0.05, 0.1) is 6.04 Å². The third-order valence-corrected chi connectivity index (χ3v) is 3.07. The van der Waals surface area contributed by atoms with Gasteiger partial charge < -0.3 is 4.55 Å². The molecule has 3 heteroatoms. The lowest BCUT2D eigenvalue weighted by molar-refractivity contribution is 0.530. The number of hydrogen-bond acceptors (Lipinski definition) is 2. The summed E-state index contributed by atoms with van der Waals surface area (Å²) in [5, 5.41) is 0. The van der Waals surface area contributed by atoms with Gasteiger partial charge in [0.2, 0.25) is 0 Å². The van der Waals surface area contributed by atoms with Crippen LogP contribution >= 0.6 is 0 Å². The fourth-order valence-corrected chi connectivity index (χ4v) is 1.44. The van der Waals surface area contributed by atoms with Crippen LogP contribution in [0.1, 0.15) is 34.1 Å². The third kappa shape index (κ3) is 4.14. The summed E-state index contributed by atoms with van der Waals surface area (Å²) < 4.78 is 14.3. The van der Waals surface area contributed by atoms with Crippen LogP contribution in [0.4, 0.5) is 0 Å². The van der Waals surface area contributed by atoms with Crippen molar-refractivity contribution in [3.05, 3.63) is 12.7 Å². The van der Waals surface area contributed by atoms with E-state index in [4.69, 9.17) is 0 Å². The van der Waals surface area contributed by atoms with Crippen molar-refractivity contribution in [2.24, 2.45) is 0 Å². The van der Waals surface area contributed by atoms with Crippen LogP contribution in [0.3, 0.4) is 0 Å². The first-order valence-corrected chi connectivity index (χ1v) is 5.27. The van der Waals surface area contributed by atoms with Gasteiger partial charge in [0.15, 0.2) is 0 Å². The van der Waals surface area contributed by atoms with E-state index < -0.39 is 11.4 Å². The first-order chi connectivity index (χ1) is 5.41. The quantitative estimate of drug-likeness (QED) is 0.683. The van der Waals surface area contributed by atoms with E-state index >= 15 is 0 Å². The average Bonchev–Trinajstić information content (AvgIpc) is 1.97. The molecular weight excluding hydrogens is 170 g/mol. The highest BCUT2D eigenvalue weighted by Crippen LogP contribution is 2.14. The molecule has 0 spiro atoms. The van der Waals surface area contributed by atoms with Gasteiger partial charge in [-0.2, -0.15) is 0 Å². The minimum atomic E-state index is -1.02. The van der Waals surface area contributed by atoms with Crippen LogP contribution in [0.25, 0.3) is 0 Å². The van der Waals surface area contributed by atoms with Gasteiger partial charge in [-0.15, -0.1) is 4.72 Å². The summed E-state index contributed by atoms with van der Waals surface area (Å²) >= 11 is -1.02. The summed E-state index contributed by atoms with van der Waals surface area (Å²) in [5.41, 5.74) is 0. The molecule has 0 aliphatic rings. The maximum atomic E-state index is 11.5. The highest BCUT2D eigenvalue weighted by molar-refractivity contribution is 7.90. The molecule has 1 radical (unpaired) electrons. The third-order valence-electron chi connectivity index (χ3n) is 1.46. The van der Waals surface area contributed by atoms with Crippen LogP contribution < -0.4 is 4.72 Å². The molecule has 0 aromatic carbocycles. The van der Waals surface area contributed by atoms with Gasteiger partial charge in [-0.25, -0.2) is 0 Å². The van der Waals surface area contributed by atoms with E-state index in [0.29, 0.717) is 0 Å². The Morgan fingerprint density at radius 3 is 2.33 bits per heavy atom. The SMILES string of the molecule is C=[C]C(CC)N[S+]([O-])C(C)(C)C. The molecule has 0 aliphatic carbocycles. The highest BCUT2D eigenvalue weighted by atomic mass is 32.2. The van der Waals surface area contributed by atoms with Gasteiger partial charge in [-0.3, -0.25) is 0 Å². The highest BCUT2D eigenvalue weighted by Gasteiger charge is 2.27. The zero-order chi connectivity index (χ0) is 9.78. The summed E-state index contributed by atoms with van der Waals surface area (Å²) in [6.45, 7) is 11.4. The Bertz CT molecular complexity index is 142. The summed E-state index contributed by atoms with van der Waals surface area (Å²) in [4.78, 5) is 0. The maximum absolute atomic E-state index is 11.5. The minimum absolute atomic E-state index is 0.0325. The molecule has 0 rings (SSSR count). The summed E-state index contributed by atoms with van der Waals surface area (Å²) in [5.74, 6) is 0. The minimum Gasteiger partial charge on any atom is -0.598 e. The zero-order valence-electron chi connectivity index (χ0n) is 8.31. The van der Waals surface area contributed by atoms with E-state index in [1.807, 2.05) is 27.7 Å². The molecule has 0 aliphatic heterocycles. The van der Waals surface area contributed by atoms with E-state index in [0.717, 1.165) is 6.42 Å². The Morgan fingerprint density at radius 2 is 2.08 bits per heavy atom. The van der Waals surface area contributed by atoms with Crippen molar-refractivity contribution in [1.82, 2.24) is 4.72 Å². The van der Waals surface area contributed by atoms with Crippen molar-refractivity contribution in [2.75, 3.05) is 0 Å². The van der Waals surface area contributed by atoms with Crippen LogP contribution in [0.15, 0.2) is 6.58 Å². The van der Waals surface area contributed by atoms with Crippen LogP contribution in [0.2, 0.25) is 0 Å². The first-order valence-electron chi connectivity index (χ1n) is 4.12. The fraction of sp³-hybridized carbons (Fsp3) is 0.778. The molecule has 2 atom stereocenters. The molecule has 71 valence electrons. The van der Waals surface area contributed by atoms with Crippen molar-refractivity contribution in [1.29, 1.82) is 0 Å². The van der Waals surface area contributed by atoms with Crippen molar-refractivity contribution in [3.63, 3.8) is 0 Å². The summed E-state index contributed by atoms with van der Waals surface area (Å²) in [6.07, 6.45) is 3.67.